The molecule has 0 bridgehead atoms. The second-order valence-corrected chi connectivity index (χ2v) is 8.35. The largest absolute Gasteiger partial charge is 0.337 e. The summed E-state index contributed by atoms with van der Waals surface area (Å²) in [7, 11) is -3.83. The Morgan fingerprint density at radius 1 is 1.12 bits per heavy atom. The lowest BCUT2D eigenvalue weighted by atomic mass is 10.3. The number of hydrogen-bond acceptors (Lipinski definition) is 4. The maximum absolute atomic E-state index is 13.3. The number of likely N-dealkylation sites (tertiary alicyclic amines) is 1. The van der Waals surface area contributed by atoms with Crippen molar-refractivity contribution < 1.29 is 13.2 Å². The van der Waals surface area contributed by atoms with Crippen molar-refractivity contribution in [2.75, 3.05) is 6.54 Å². The van der Waals surface area contributed by atoms with Crippen molar-refractivity contribution in [1.82, 2.24) is 13.9 Å². The first-order chi connectivity index (χ1) is 12.5. The Bertz CT molecular complexity index is 1090. The Hall–Kier alpha value is -2.38. The van der Waals surface area contributed by atoms with E-state index >= 15 is 0 Å². The SMILES string of the molecule is O=C1CCCN1Cc1cc2nc(Cl)ccc2n1S(=O)(=O)c1ccccc1. The summed E-state index contributed by atoms with van der Waals surface area (Å²) in [5.74, 6) is 0.0323. The van der Waals surface area contributed by atoms with Crippen LogP contribution in [0.5, 0.6) is 0 Å². The quantitative estimate of drug-likeness (QED) is 0.643. The van der Waals surface area contributed by atoms with Gasteiger partial charge in [-0.25, -0.2) is 17.4 Å². The normalized spacial score (nSPS) is 15.1. The summed E-state index contributed by atoms with van der Waals surface area (Å²) in [5.41, 5.74) is 1.42. The molecule has 1 aromatic carbocycles. The molecular weight excluding hydrogens is 374 g/mol. The Morgan fingerprint density at radius 3 is 2.58 bits per heavy atom. The van der Waals surface area contributed by atoms with Gasteiger partial charge in [0.1, 0.15) is 5.15 Å². The van der Waals surface area contributed by atoms with E-state index in [-0.39, 0.29) is 22.5 Å². The average molecular weight is 390 g/mol. The molecule has 1 amide bonds. The van der Waals surface area contributed by atoms with Gasteiger partial charge in [0.05, 0.1) is 28.2 Å². The minimum absolute atomic E-state index is 0.0323. The van der Waals surface area contributed by atoms with Crippen LogP contribution in [0.1, 0.15) is 18.5 Å². The van der Waals surface area contributed by atoms with Gasteiger partial charge in [0.2, 0.25) is 5.91 Å². The van der Waals surface area contributed by atoms with Gasteiger partial charge < -0.3 is 4.90 Å². The van der Waals surface area contributed by atoms with Crippen LogP contribution in [0.25, 0.3) is 11.0 Å². The Kier molecular flexibility index (Phi) is 4.20. The molecule has 8 heteroatoms. The highest BCUT2D eigenvalue weighted by molar-refractivity contribution is 7.90. The zero-order valence-corrected chi connectivity index (χ0v) is 15.4. The zero-order valence-electron chi connectivity index (χ0n) is 13.8. The van der Waals surface area contributed by atoms with Gasteiger partial charge in [-0.2, -0.15) is 0 Å². The molecule has 134 valence electrons. The molecule has 26 heavy (non-hydrogen) atoms. The van der Waals surface area contributed by atoms with E-state index in [0.29, 0.717) is 29.7 Å². The van der Waals surface area contributed by atoms with Gasteiger partial charge in [-0.05, 0) is 36.8 Å². The van der Waals surface area contributed by atoms with Crippen molar-refractivity contribution in [3.05, 3.63) is 59.4 Å². The highest BCUT2D eigenvalue weighted by Crippen LogP contribution is 2.27. The summed E-state index contributed by atoms with van der Waals surface area (Å²) < 4.78 is 27.8. The second-order valence-electron chi connectivity index (χ2n) is 6.18. The van der Waals surface area contributed by atoms with E-state index in [1.165, 1.54) is 3.97 Å². The number of fused-ring (bicyclic) bond motifs is 1. The standard InChI is InChI=1S/C18H16ClN3O3S/c19-17-9-8-16-15(20-17)11-13(12-21-10-4-7-18(21)23)22(16)26(24,25)14-5-2-1-3-6-14/h1-3,5-6,8-9,11H,4,7,10,12H2. The van der Waals surface area contributed by atoms with Crippen molar-refractivity contribution in [2.45, 2.75) is 24.3 Å². The number of carbonyl (C=O) groups is 1. The van der Waals surface area contributed by atoms with Crippen LogP contribution in [-0.4, -0.2) is 34.7 Å². The lowest BCUT2D eigenvalue weighted by Gasteiger charge is -2.18. The topological polar surface area (TPSA) is 72.3 Å². The third-order valence-electron chi connectivity index (χ3n) is 4.46. The molecule has 0 N–H and O–H groups in total. The highest BCUT2D eigenvalue weighted by atomic mass is 35.5. The minimum atomic E-state index is -3.83. The Morgan fingerprint density at radius 2 is 1.88 bits per heavy atom. The summed E-state index contributed by atoms with van der Waals surface area (Å²) >= 11 is 5.97. The van der Waals surface area contributed by atoms with Crippen LogP contribution in [0.15, 0.2) is 53.4 Å². The number of aromatic nitrogens is 2. The van der Waals surface area contributed by atoms with E-state index in [2.05, 4.69) is 4.98 Å². The molecule has 0 atom stereocenters. The molecule has 6 nitrogen and oxygen atoms in total. The minimum Gasteiger partial charge on any atom is -0.337 e. The number of benzene rings is 1. The maximum Gasteiger partial charge on any atom is 0.268 e. The molecule has 1 aliphatic rings. The van der Waals surface area contributed by atoms with Crippen molar-refractivity contribution in [3.8, 4) is 0 Å². The molecule has 3 aromatic rings. The zero-order chi connectivity index (χ0) is 18.3. The van der Waals surface area contributed by atoms with Crippen LogP contribution >= 0.6 is 11.6 Å². The first-order valence-electron chi connectivity index (χ1n) is 8.22. The van der Waals surface area contributed by atoms with E-state index in [1.54, 1.807) is 53.4 Å². The van der Waals surface area contributed by atoms with Crippen molar-refractivity contribution >= 4 is 38.6 Å². The Balaban J connectivity index is 1.91. The molecule has 0 saturated carbocycles. The van der Waals surface area contributed by atoms with Crippen molar-refractivity contribution in [1.29, 1.82) is 0 Å². The molecule has 1 fully saturated rings. The molecule has 0 aliphatic carbocycles. The fourth-order valence-electron chi connectivity index (χ4n) is 3.25. The number of hydrogen-bond donors (Lipinski definition) is 0. The maximum atomic E-state index is 13.3. The van der Waals surface area contributed by atoms with E-state index < -0.39 is 10.0 Å². The van der Waals surface area contributed by atoms with Crippen LogP contribution in [0.3, 0.4) is 0 Å². The smallest absolute Gasteiger partial charge is 0.268 e. The molecule has 1 saturated heterocycles. The number of nitrogens with zero attached hydrogens (tertiary/aromatic N) is 3. The first kappa shape index (κ1) is 17.1. The van der Waals surface area contributed by atoms with E-state index in [0.717, 1.165) is 6.42 Å². The van der Waals surface area contributed by atoms with Gasteiger partial charge >= 0.3 is 0 Å². The van der Waals surface area contributed by atoms with Crippen LogP contribution < -0.4 is 0 Å². The lowest BCUT2D eigenvalue weighted by Crippen LogP contribution is -2.26. The Labute approximate surface area is 156 Å². The van der Waals surface area contributed by atoms with Gasteiger partial charge in [-0.1, -0.05) is 29.8 Å². The molecule has 2 aromatic heterocycles. The molecule has 0 radical (unpaired) electrons. The molecule has 0 spiro atoms. The average Bonchev–Trinajstić information content (AvgIpc) is 3.19. The van der Waals surface area contributed by atoms with Crippen LogP contribution in [0, 0.1) is 0 Å². The van der Waals surface area contributed by atoms with Crippen LogP contribution in [0.4, 0.5) is 0 Å². The molecule has 3 heterocycles. The summed E-state index contributed by atoms with van der Waals surface area (Å²) in [5, 5.41) is 0.288. The first-order valence-corrected chi connectivity index (χ1v) is 10.0. The third kappa shape index (κ3) is 2.87. The monoisotopic (exact) mass is 389 g/mol. The van der Waals surface area contributed by atoms with Crippen molar-refractivity contribution in [2.24, 2.45) is 0 Å². The number of halogens is 1. The lowest BCUT2D eigenvalue weighted by molar-refractivity contribution is -0.128. The molecule has 1 aliphatic heterocycles. The van der Waals surface area contributed by atoms with Gasteiger partial charge in [0.25, 0.3) is 10.0 Å². The van der Waals surface area contributed by atoms with Crippen molar-refractivity contribution in [3.63, 3.8) is 0 Å². The summed E-state index contributed by atoms with van der Waals surface area (Å²) in [6.45, 7) is 0.846. The predicted octanol–water partition coefficient (Wildman–Crippen LogP) is 3.05. The number of amides is 1. The van der Waals surface area contributed by atoms with E-state index in [4.69, 9.17) is 11.6 Å². The number of carbonyl (C=O) groups excluding carboxylic acids is 1. The fraction of sp³-hybridized carbons (Fsp3) is 0.222. The highest BCUT2D eigenvalue weighted by Gasteiger charge is 2.27. The van der Waals surface area contributed by atoms with Gasteiger partial charge in [0.15, 0.2) is 0 Å². The second kappa shape index (κ2) is 6.41. The van der Waals surface area contributed by atoms with Gasteiger partial charge in [0, 0.05) is 13.0 Å². The summed E-state index contributed by atoms with van der Waals surface area (Å²) in [4.78, 5) is 18.1. The number of pyridine rings is 1. The van der Waals surface area contributed by atoms with Gasteiger partial charge in [-0.15, -0.1) is 0 Å². The van der Waals surface area contributed by atoms with Crippen LogP contribution in [-0.2, 0) is 21.4 Å². The third-order valence-corrected chi connectivity index (χ3v) is 6.45. The summed E-state index contributed by atoms with van der Waals surface area (Å²) in [6, 6.07) is 13.1. The summed E-state index contributed by atoms with van der Waals surface area (Å²) in [6.07, 6.45) is 1.28. The molecule has 0 unspecified atom stereocenters. The van der Waals surface area contributed by atoms with Crippen LogP contribution in [0.2, 0.25) is 5.15 Å². The van der Waals surface area contributed by atoms with Gasteiger partial charge in [-0.3, -0.25) is 4.79 Å². The van der Waals surface area contributed by atoms with E-state index in [9.17, 15) is 13.2 Å². The fourth-order valence-corrected chi connectivity index (χ4v) is 4.95. The number of rotatable bonds is 4. The predicted molar refractivity (Wildman–Crippen MR) is 98.4 cm³/mol. The molecular formula is C18H16ClN3O3S. The molecule has 4 rings (SSSR count). The van der Waals surface area contributed by atoms with E-state index in [1.807, 2.05) is 0 Å².